The van der Waals surface area contributed by atoms with E-state index in [1.165, 1.54) is 0 Å². The summed E-state index contributed by atoms with van der Waals surface area (Å²) in [6, 6.07) is 0. The second-order valence-corrected chi connectivity index (χ2v) is 2.65. The molecule has 1 heterocycles. The largest absolute Gasteiger partial charge is 0.316 e. The van der Waals surface area contributed by atoms with Gasteiger partial charge in [-0.1, -0.05) is 0 Å². The zero-order valence-electron chi connectivity index (χ0n) is 5.74. The molecule has 0 aromatic rings. The summed E-state index contributed by atoms with van der Waals surface area (Å²) < 4.78 is 47.9. The molecule has 0 aromatic carbocycles. The number of nitrogens with one attached hydrogen (secondary N) is 1. The summed E-state index contributed by atoms with van der Waals surface area (Å²) >= 11 is 0. The zero-order valence-corrected chi connectivity index (χ0v) is 5.74. The van der Waals surface area contributed by atoms with Gasteiger partial charge >= 0.3 is 0 Å². The molecule has 0 amide bonds. The molecule has 1 aliphatic heterocycles. The topological polar surface area (TPSA) is 12.0 Å². The lowest BCUT2D eigenvalue weighted by atomic mass is 9.97. The van der Waals surface area contributed by atoms with Gasteiger partial charge in [-0.25, -0.2) is 17.6 Å². The molecule has 1 saturated heterocycles. The van der Waals surface area contributed by atoms with E-state index in [1.54, 1.807) is 0 Å². The maximum Gasteiger partial charge on any atom is 0.243 e. The Labute approximate surface area is 61.8 Å². The van der Waals surface area contributed by atoms with Gasteiger partial charge in [0, 0.05) is 24.9 Å². The number of halogens is 4. The molecule has 1 nitrogen and oxygen atoms in total. The lowest BCUT2D eigenvalue weighted by Crippen LogP contribution is -2.25. The SMILES string of the molecule is FC(F)C1CNCC1C(F)F. The van der Waals surface area contributed by atoms with Crippen molar-refractivity contribution in [3.8, 4) is 0 Å². The molecule has 0 aromatic heterocycles. The molecule has 2 unspecified atom stereocenters. The lowest BCUT2D eigenvalue weighted by Gasteiger charge is -2.15. The average Bonchev–Trinajstić information content (AvgIpc) is 2.32. The minimum absolute atomic E-state index is 0.00662. The van der Waals surface area contributed by atoms with Gasteiger partial charge in [0.2, 0.25) is 12.9 Å². The second-order valence-electron chi connectivity index (χ2n) is 2.65. The van der Waals surface area contributed by atoms with E-state index in [9.17, 15) is 17.6 Å². The Morgan fingerprint density at radius 3 is 1.55 bits per heavy atom. The van der Waals surface area contributed by atoms with Crippen LogP contribution in [-0.4, -0.2) is 25.9 Å². The van der Waals surface area contributed by atoms with Gasteiger partial charge in [-0.2, -0.15) is 0 Å². The second kappa shape index (κ2) is 3.38. The number of rotatable bonds is 2. The number of hydrogen-bond acceptors (Lipinski definition) is 1. The Balaban J connectivity index is 2.51. The van der Waals surface area contributed by atoms with Gasteiger partial charge in [0.1, 0.15) is 0 Å². The minimum Gasteiger partial charge on any atom is -0.316 e. The van der Waals surface area contributed by atoms with Crippen LogP contribution in [0.15, 0.2) is 0 Å². The van der Waals surface area contributed by atoms with Crippen molar-refractivity contribution < 1.29 is 17.6 Å². The van der Waals surface area contributed by atoms with Crippen LogP contribution in [0.3, 0.4) is 0 Å². The van der Waals surface area contributed by atoms with E-state index in [1.807, 2.05) is 0 Å². The highest BCUT2D eigenvalue weighted by Crippen LogP contribution is 2.28. The molecule has 5 heteroatoms. The summed E-state index contributed by atoms with van der Waals surface area (Å²) in [7, 11) is 0. The third kappa shape index (κ3) is 1.83. The van der Waals surface area contributed by atoms with Crippen molar-refractivity contribution in [1.82, 2.24) is 5.32 Å². The standard InChI is InChI=1S/C6H9F4N/c7-5(8)3-1-11-2-4(3)6(9)10/h3-6,11H,1-2H2. The molecule has 0 aliphatic carbocycles. The van der Waals surface area contributed by atoms with Crippen LogP contribution in [0.25, 0.3) is 0 Å². The zero-order chi connectivity index (χ0) is 8.43. The molecule has 0 bridgehead atoms. The van der Waals surface area contributed by atoms with Gasteiger partial charge in [0.15, 0.2) is 0 Å². The van der Waals surface area contributed by atoms with E-state index in [-0.39, 0.29) is 13.1 Å². The summed E-state index contributed by atoms with van der Waals surface area (Å²) in [4.78, 5) is 0. The smallest absolute Gasteiger partial charge is 0.243 e. The maximum atomic E-state index is 12.0. The molecule has 0 saturated carbocycles. The third-order valence-corrected chi connectivity index (χ3v) is 1.96. The summed E-state index contributed by atoms with van der Waals surface area (Å²) in [5.41, 5.74) is 0. The molecule has 0 spiro atoms. The Hall–Kier alpha value is -0.320. The van der Waals surface area contributed by atoms with Crippen LogP contribution in [0.4, 0.5) is 17.6 Å². The Kier molecular flexibility index (Phi) is 2.70. The predicted octanol–water partition coefficient (Wildman–Crippen LogP) is 1.35. The molecule has 1 rings (SSSR count). The molecule has 1 N–H and O–H groups in total. The van der Waals surface area contributed by atoms with E-state index >= 15 is 0 Å². The Morgan fingerprint density at radius 2 is 1.27 bits per heavy atom. The van der Waals surface area contributed by atoms with Crippen LogP contribution in [-0.2, 0) is 0 Å². The van der Waals surface area contributed by atoms with Crippen LogP contribution in [0.1, 0.15) is 0 Å². The van der Waals surface area contributed by atoms with Gasteiger partial charge in [-0.15, -0.1) is 0 Å². The lowest BCUT2D eigenvalue weighted by molar-refractivity contribution is -0.00152. The molecule has 0 radical (unpaired) electrons. The molecule has 66 valence electrons. The van der Waals surface area contributed by atoms with Crippen LogP contribution in [0.5, 0.6) is 0 Å². The summed E-state index contributed by atoms with van der Waals surface area (Å²) in [5.74, 6) is -2.34. The van der Waals surface area contributed by atoms with Crippen molar-refractivity contribution in [2.75, 3.05) is 13.1 Å². The van der Waals surface area contributed by atoms with E-state index < -0.39 is 24.7 Å². The Bertz CT molecular complexity index is 114. The van der Waals surface area contributed by atoms with Crippen molar-refractivity contribution in [3.05, 3.63) is 0 Å². The van der Waals surface area contributed by atoms with Gasteiger partial charge in [0.05, 0.1) is 0 Å². The highest BCUT2D eigenvalue weighted by atomic mass is 19.3. The molecule has 2 atom stereocenters. The first-order chi connectivity index (χ1) is 5.13. The monoisotopic (exact) mass is 171 g/mol. The fraction of sp³-hybridized carbons (Fsp3) is 1.00. The fourth-order valence-electron chi connectivity index (χ4n) is 1.27. The summed E-state index contributed by atoms with van der Waals surface area (Å²) in [5, 5.41) is 2.53. The van der Waals surface area contributed by atoms with Crippen molar-refractivity contribution in [2.24, 2.45) is 11.8 Å². The van der Waals surface area contributed by atoms with Crippen molar-refractivity contribution in [3.63, 3.8) is 0 Å². The maximum absolute atomic E-state index is 12.0. The van der Waals surface area contributed by atoms with Crippen LogP contribution < -0.4 is 5.32 Å². The van der Waals surface area contributed by atoms with Crippen LogP contribution in [0.2, 0.25) is 0 Å². The van der Waals surface area contributed by atoms with E-state index in [4.69, 9.17) is 0 Å². The van der Waals surface area contributed by atoms with Gasteiger partial charge < -0.3 is 5.32 Å². The molecule has 11 heavy (non-hydrogen) atoms. The van der Waals surface area contributed by atoms with Crippen molar-refractivity contribution in [2.45, 2.75) is 12.9 Å². The molecular formula is C6H9F4N. The first-order valence-electron chi connectivity index (χ1n) is 3.40. The average molecular weight is 171 g/mol. The Morgan fingerprint density at radius 1 is 0.909 bits per heavy atom. The van der Waals surface area contributed by atoms with Crippen molar-refractivity contribution >= 4 is 0 Å². The highest BCUT2D eigenvalue weighted by Gasteiger charge is 2.39. The minimum atomic E-state index is -2.64. The predicted molar refractivity (Wildman–Crippen MR) is 31.9 cm³/mol. The third-order valence-electron chi connectivity index (χ3n) is 1.96. The summed E-state index contributed by atoms with van der Waals surface area (Å²) in [6.07, 6.45) is -5.27. The molecule has 1 aliphatic rings. The molecular weight excluding hydrogens is 162 g/mol. The fourth-order valence-corrected chi connectivity index (χ4v) is 1.27. The summed E-state index contributed by atoms with van der Waals surface area (Å²) in [6.45, 7) is 0.0132. The molecule has 1 fully saturated rings. The van der Waals surface area contributed by atoms with E-state index in [2.05, 4.69) is 5.32 Å². The van der Waals surface area contributed by atoms with Gasteiger partial charge in [-0.05, 0) is 0 Å². The normalized spacial score (nSPS) is 32.2. The number of alkyl halides is 4. The first kappa shape index (κ1) is 8.77. The van der Waals surface area contributed by atoms with Gasteiger partial charge in [0.25, 0.3) is 0 Å². The van der Waals surface area contributed by atoms with E-state index in [0.29, 0.717) is 0 Å². The quantitative estimate of drug-likeness (QED) is 0.618. The highest BCUT2D eigenvalue weighted by molar-refractivity contribution is 4.83. The first-order valence-corrected chi connectivity index (χ1v) is 3.40. The van der Waals surface area contributed by atoms with E-state index in [0.717, 1.165) is 0 Å². The van der Waals surface area contributed by atoms with Gasteiger partial charge in [-0.3, -0.25) is 0 Å². The van der Waals surface area contributed by atoms with Crippen molar-refractivity contribution in [1.29, 1.82) is 0 Å². The van der Waals surface area contributed by atoms with Crippen LogP contribution >= 0.6 is 0 Å². The number of hydrogen-bond donors (Lipinski definition) is 1. The van der Waals surface area contributed by atoms with Crippen LogP contribution in [0, 0.1) is 11.8 Å².